The molecule has 1 N–H and O–H groups in total. The predicted molar refractivity (Wildman–Crippen MR) is 112 cm³/mol. The summed E-state index contributed by atoms with van der Waals surface area (Å²) in [6, 6.07) is 17.2. The second-order valence-electron chi connectivity index (χ2n) is 6.58. The molecule has 2 aromatic rings. The quantitative estimate of drug-likeness (QED) is 0.407. The molecule has 6 nitrogen and oxygen atoms in total. The van der Waals surface area contributed by atoms with Gasteiger partial charge in [-0.15, -0.1) is 0 Å². The van der Waals surface area contributed by atoms with Crippen LogP contribution >= 0.6 is 0 Å². The maximum absolute atomic E-state index is 12.0. The molecular formula is C23H29NO5. The third kappa shape index (κ3) is 9.76. The van der Waals surface area contributed by atoms with Crippen LogP contribution in [0, 0.1) is 0 Å². The van der Waals surface area contributed by atoms with Gasteiger partial charge in [-0.2, -0.15) is 0 Å². The maximum Gasteiger partial charge on any atom is 0.305 e. The lowest BCUT2D eigenvalue weighted by atomic mass is 10.1. The summed E-state index contributed by atoms with van der Waals surface area (Å²) in [4.78, 5) is 23.8. The molecule has 0 unspecified atom stereocenters. The molecule has 0 heterocycles. The number of hydrogen-bond donors (Lipinski definition) is 1. The van der Waals surface area contributed by atoms with Crippen molar-refractivity contribution in [2.45, 2.75) is 32.1 Å². The highest BCUT2D eigenvalue weighted by molar-refractivity contribution is 5.90. The highest BCUT2D eigenvalue weighted by Gasteiger charge is 2.07. The Hall–Kier alpha value is -2.86. The van der Waals surface area contributed by atoms with E-state index in [1.54, 1.807) is 31.4 Å². The minimum Gasteiger partial charge on any atom is -0.491 e. The number of rotatable bonds is 13. The van der Waals surface area contributed by atoms with E-state index in [1.807, 2.05) is 18.2 Å². The van der Waals surface area contributed by atoms with E-state index in [9.17, 15) is 9.59 Å². The number of benzene rings is 2. The summed E-state index contributed by atoms with van der Waals surface area (Å²) in [5.41, 5.74) is 1.92. The molecule has 0 atom stereocenters. The molecule has 0 aromatic heterocycles. The number of ether oxygens (including phenoxy) is 3. The fourth-order valence-electron chi connectivity index (χ4n) is 2.67. The zero-order chi connectivity index (χ0) is 20.7. The van der Waals surface area contributed by atoms with Gasteiger partial charge in [0.15, 0.2) is 0 Å². The van der Waals surface area contributed by atoms with Gasteiger partial charge < -0.3 is 19.5 Å². The van der Waals surface area contributed by atoms with Crippen molar-refractivity contribution in [3.8, 4) is 5.75 Å². The Morgan fingerprint density at radius 1 is 0.862 bits per heavy atom. The molecule has 2 aromatic carbocycles. The molecule has 0 aliphatic heterocycles. The van der Waals surface area contributed by atoms with Crippen LogP contribution in [0.3, 0.4) is 0 Å². The molecule has 0 saturated carbocycles. The molecule has 0 bridgehead atoms. The van der Waals surface area contributed by atoms with Gasteiger partial charge in [0, 0.05) is 25.6 Å². The van der Waals surface area contributed by atoms with Crippen LogP contribution < -0.4 is 10.1 Å². The van der Waals surface area contributed by atoms with Crippen LogP contribution in [0.1, 0.15) is 31.2 Å². The first-order chi connectivity index (χ1) is 14.2. The van der Waals surface area contributed by atoms with E-state index in [0.717, 1.165) is 18.6 Å². The molecule has 2 rings (SSSR count). The van der Waals surface area contributed by atoms with Gasteiger partial charge in [-0.3, -0.25) is 9.59 Å². The number of aryl methyl sites for hydroxylation is 1. The third-order valence-corrected chi connectivity index (χ3v) is 4.19. The van der Waals surface area contributed by atoms with Crippen LogP contribution in [0.5, 0.6) is 5.75 Å². The lowest BCUT2D eigenvalue weighted by molar-refractivity contribution is -0.143. The summed E-state index contributed by atoms with van der Waals surface area (Å²) in [5.74, 6) is 0.327. The largest absolute Gasteiger partial charge is 0.491 e. The first-order valence-electron chi connectivity index (χ1n) is 9.88. The van der Waals surface area contributed by atoms with Crippen LogP contribution in [-0.4, -0.2) is 38.8 Å². The van der Waals surface area contributed by atoms with Crippen molar-refractivity contribution in [2.75, 3.05) is 32.2 Å². The van der Waals surface area contributed by atoms with E-state index in [0.29, 0.717) is 31.9 Å². The van der Waals surface area contributed by atoms with Crippen molar-refractivity contribution in [1.82, 2.24) is 0 Å². The van der Waals surface area contributed by atoms with E-state index in [1.165, 1.54) is 5.56 Å². The van der Waals surface area contributed by atoms with Crippen LogP contribution in [0.15, 0.2) is 54.6 Å². The SMILES string of the molecule is COCCOc1ccc(NC(=O)CCCC(=O)OCCCc2ccccc2)cc1. The minimum absolute atomic E-state index is 0.130. The van der Waals surface area contributed by atoms with E-state index >= 15 is 0 Å². The molecule has 29 heavy (non-hydrogen) atoms. The first kappa shape index (κ1) is 22.4. The Morgan fingerprint density at radius 3 is 2.34 bits per heavy atom. The van der Waals surface area contributed by atoms with Crippen molar-refractivity contribution < 1.29 is 23.8 Å². The number of amides is 1. The number of anilines is 1. The summed E-state index contributed by atoms with van der Waals surface area (Å²) in [6.45, 7) is 1.40. The van der Waals surface area contributed by atoms with Crippen LogP contribution in [0.2, 0.25) is 0 Å². The lowest BCUT2D eigenvalue weighted by Crippen LogP contribution is -2.13. The number of carbonyl (C=O) groups excluding carboxylic acids is 2. The van der Waals surface area contributed by atoms with Crippen molar-refractivity contribution in [3.05, 3.63) is 60.2 Å². The van der Waals surface area contributed by atoms with Crippen LogP contribution in [-0.2, 0) is 25.5 Å². The van der Waals surface area contributed by atoms with Crippen molar-refractivity contribution in [1.29, 1.82) is 0 Å². The zero-order valence-corrected chi connectivity index (χ0v) is 16.9. The molecule has 156 valence electrons. The smallest absolute Gasteiger partial charge is 0.305 e. The van der Waals surface area contributed by atoms with E-state index in [4.69, 9.17) is 14.2 Å². The summed E-state index contributed by atoms with van der Waals surface area (Å²) in [7, 11) is 1.62. The first-order valence-corrected chi connectivity index (χ1v) is 9.88. The Morgan fingerprint density at radius 2 is 1.62 bits per heavy atom. The van der Waals surface area contributed by atoms with Crippen molar-refractivity contribution in [2.24, 2.45) is 0 Å². The van der Waals surface area contributed by atoms with Gasteiger partial charge in [0.1, 0.15) is 12.4 Å². The topological polar surface area (TPSA) is 73.9 Å². The highest BCUT2D eigenvalue weighted by Crippen LogP contribution is 2.16. The normalized spacial score (nSPS) is 10.4. The third-order valence-electron chi connectivity index (χ3n) is 4.19. The number of esters is 1. The fraction of sp³-hybridized carbons (Fsp3) is 0.391. The van der Waals surface area contributed by atoms with Gasteiger partial charge >= 0.3 is 5.97 Å². The average Bonchev–Trinajstić information content (AvgIpc) is 2.73. The molecule has 0 radical (unpaired) electrons. The molecule has 0 aliphatic carbocycles. The predicted octanol–water partition coefficient (Wildman–Crippen LogP) is 4.00. The standard InChI is InChI=1S/C23H29NO5/c1-27-17-18-28-21-14-12-20(13-15-21)24-22(25)10-5-11-23(26)29-16-6-9-19-7-3-2-4-8-19/h2-4,7-8,12-15H,5-6,9-11,16-18H2,1H3,(H,24,25). The fourth-order valence-corrected chi connectivity index (χ4v) is 2.67. The van der Waals surface area contributed by atoms with Gasteiger partial charge in [0.2, 0.25) is 5.91 Å². The van der Waals surface area contributed by atoms with Crippen LogP contribution in [0.25, 0.3) is 0 Å². The Balaban J connectivity index is 1.55. The molecular weight excluding hydrogens is 370 g/mol. The number of methoxy groups -OCH3 is 1. The lowest BCUT2D eigenvalue weighted by Gasteiger charge is -2.08. The number of hydrogen-bond acceptors (Lipinski definition) is 5. The molecule has 0 spiro atoms. The van der Waals surface area contributed by atoms with Gasteiger partial charge in [0.05, 0.1) is 13.2 Å². The van der Waals surface area contributed by atoms with Crippen molar-refractivity contribution >= 4 is 17.6 Å². The van der Waals surface area contributed by atoms with Crippen LogP contribution in [0.4, 0.5) is 5.69 Å². The van der Waals surface area contributed by atoms with Gasteiger partial charge in [-0.25, -0.2) is 0 Å². The molecule has 0 aliphatic rings. The van der Waals surface area contributed by atoms with Gasteiger partial charge in [0.25, 0.3) is 0 Å². The van der Waals surface area contributed by atoms with Crippen molar-refractivity contribution in [3.63, 3.8) is 0 Å². The monoisotopic (exact) mass is 399 g/mol. The summed E-state index contributed by atoms with van der Waals surface area (Å²) in [6.07, 6.45) is 2.64. The molecule has 6 heteroatoms. The second kappa shape index (κ2) is 13.3. The maximum atomic E-state index is 12.0. The number of nitrogens with one attached hydrogen (secondary N) is 1. The Bertz CT molecular complexity index is 731. The minimum atomic E-state index is -0.261. The Kier molecular flexibility index (Phi) is 10.3. The summed E-state index contributed by atoms with van der Waals surface area (Å²) < 4.78 is 15.6. The summed E-state index contributed by atoms with van der Waals surface area (Å²) in [5, 5.41) is 2.81. The second-order valence-corrected chi connectivity index (χ2v) is 6.58. The summed E-state index contributed by atoms with van der Waals surface area (Å²) >= 11 is 0. The zero-order valence-electron chi connectivity index (χ0n) is 16.9. The van der Waals surface area contributed by atoms with Gasteiger partial charge in [-0.05, 0) is 49.1 Å². The highest BCUT2D eigenvalue weighted by atomic mass is 16.5. The van der Waals surface area contributed by atoms with E-state index < -0.39 is 0 Å². The average molecular weight is 399 g/mol. The molecule has 1 amide bonds. The van der Waals surface area contributed by atoms with E-state index in [2.05, 4.69) is 17.4 Å². The van der Waals surface area contributed by atoms with Gasteiger partial charge in [-0.1, -0.05) is 30.3 Å². The molecule has 0 fully saturated rings. The Labute approximate surface area is 172 Å². The van der Waals surface area contributed by atoms with E-state index in [-0.39, 0.29) is 24.7 Å². The number of carbonyl (C=O) groups is 2. The molecule has 0 saturated heterocycles.